The van der Waals surface area contributed by atoms with Crippen LogP contribution in [0.5, 0.6) is 0 Å². The van der Waals surface area contributed by atoms with Crippen molar-refractivity contribution in [1.82, 2.24) is 10.2 Å². The molecule has 1 heterocycles. The second-order valence-electron chi connectivity index (χ2n) is 6.83. The molecule has 3 atom stereocenters. The number of rotatable bonds is 7. The number of likely N-dealkylation sites (tertiary alicyclic amines) is 1. The highest BCUT2D eigenvalue weighted by Crippen LogP contribution is 2.25. The minimum Gasteiger partial charge on any atom is -0.353 e. The Balaban J connectivity index is 0.00000288. The number of nitrogens with zero attached hydrogens (tertiary/aromatic N) is 1. The fraction of sp³-hybridized carbons (Fsp3) is 0.632. The van der Waals surface area contributed by atoms with Crippen LogP contribution in [0, 0.1) is 12.8 Å². The van der Waals surface area contributed by atoms with Crippen molar-refractivity contribution in [1.29, 1.82) is 0 Å². The van der Waals surface area contributed by atoms with E-state index >= 15 is 0 Å². The molecule has 5 heteroatoms. The largest absolute Gasteiger partial charge is 0.353 e. The van der Waals surface area contributed by atoms with Gasteiger partial charge in [0.1, 0.15) is 0 Å². The van der Waals surface area contributed by atoms with E-state index in [1.165, 1.54) is 24.0 Å². The van der Waals surface area contributed by atoms with Crippen LogP contribution < -0.4 is 11.1 Å². The minimum atomic E-state index is -0.419. The average Bonchev–Trinajstić information content (AvgIpc) is 3.09. The quantitative estimate of drug-likeness (QED) is 0.792. The summed E-state index contributed by atoms with van der Waals surface area (Å²) in [5.74, 6) is 0.176. The van der Waals surface area contributed by atoms with Crippen LogP contribution in [-0.2, 0) is 4.79 Å². The summed E-state index contributed by atoms with van der Waals surface area (Å²) >= 11 is 0. The summed E-state index contributed by atoms with van der Waals surface area (Å²) in [4.78, 5) is 14.8. The van der Waals surface area contributed by atoms with E-state index in [4.69, 9.17) is 5.73 Å². The summed E-state index contributed by atoms with van der Waals surface area (Å²) < 4.78 is 0. The minimum absolute atomic E-state index is 0. The molecule has 1 fully saturated rings. The number of nitrogens with two attached hydrogens (primary N) is 1. The third-order valence-corrected chi connectivity index (χ3v) is 5.07. The highest BCUT2D eigenvalue weighted by atomic mass is 35.5. The van der Waals surface area contributed by atoms with Gasteiger partial charge < -0.3 is 11.1 Å². The van der Waals surface area contributed by atoms with Crippen LogP contribution >= 0.6 is 12.4 Å². The zero-order valence-electron chi connectivity index (χ0n) is 15.1. The fourth-order valence-corrected chi connectivity index (χ4v) is 3.13. The first-order valence-electron chi connectivity index (χ1n) is 8.86. The second-order valence-corrected chi connectivity index (χ2v) is 6.83. The first kappa shape index (κ1) is 20.9. The van der Waals surface area contributed by atoms with Gasteiger partial charge in [0.25, 0.3) is 0 Å². The summed E-state index contributed by atoms with van der Waals surface area (Å²) in [7, 11) is 0. The topological polar surface area (TPSA) is 58.4 Å². The van der Waals surface area contributed by atoms with Gasteiger partial charge in [0, 0.05) is 6.54 Å². The lowest BCUT2D eigenvalue weighted by molar-refractivity contribution is -0.123. The standard InChI is InChI=1S/C19H31N3O.ClH/c1-4-15(3)18(20)19(23)21-13-17(22-11-5-6-12-22)16-9-7-14(2)8-10-16;/h7-10,15,17-18H,4-6,11-13,20H2,1-3H3,(H,21,23);1H. The Hall–Kier alpha value is -1.10. The van der Waals surface area contributed by atoms with Crippen molar-refractivity contribution < 1.29 is 4.79 Å². The maximum Gasteiger partial charge on any atom is 0.237 e. The van der Waals surface area contributed by atoms with E-state index in [0.29, 0.717) is 6.54 Å². The Bertz CT molecular complexity index is 500. The number of carbonyl (C=O) groups excluding carboxylic acids is 1. The molecule has 1 aliphatic heterocycles. The molecular weight excluding hydrogens is 322 g/mol. The van der Waals surface area contributed by atoms with Crippen molar-refractivity contribution in [2.45, 2.75) is 52.1 Å². The predicted molar refractivity (Wildman–Crippen MR) is 102 cm³/mol. The maximum absolute atomic E-state index is 12.3. The van der Waals surface area contributed by atoms with Gasteiger partial charge in [0.05, 0.1) is 12.1 Å². The average molecular weight is 354 g/mol. The van der Waals surface area contributed by atoms with Crippen LogP contribution in [0.1, 0.15) is 50.3 Å². The van der Waals surface area contributed by atoms with Gasteiger partial charge in [-0.25, -0.2) is 0 Å². The molecule has 24 heavy (non-hydrogen) atoms. The molecule has 1 aromatic rings. The van der Waals surface area contributed by atoms with E-state index in [0.717, 1.165) is 19.5 Å². The van der Waals surface area contributed by atoms with Crippen molar-refractivity contribution in [3.63, 3.8) is 0 Å². The van der Waals surface area contributed by atoms with Crippen molar-refractivity contribution in [2.24, 2.45) is 11.7 Å². The van der Waals surface area contributed by atoms with Crippen LogP contribution in [0.4, 0.5) is 0 Å². The van der Waals surface area contributed by atoms with E-state index in [9.17, 15) is 4.79 Å². The van der Waals surface area contributed by atoms with Crippen LogP contribution in [0.3, 0.4) is 0 Å². The molecule has 0 aromatic heterocycles. The lowest BCUT2D eigenvalue weighted by atomic mass is 9.99. The molecule has 0 aliphatic carbocycles. The molecule has 1 saturated heterocycles. The molecule has 3 N–H and O–H groups in total. The van der Waals surface area contributed by atoms with Gasteiger partial charge >= 0.3 is 0 Å². The molecular formula is C19H32ClN3O. The molecule has 136 valence electrons. The number of amides is 1. The van der Waals surface area contributed by atoms with Gasteiger partial charge in [0.15, 0.2) is 0 Å². The molecule has 3 unspecified atom stereocenters. The smallest absolute Gasteiger partial charge is 0.237 e. The van der Waals surface area contributed by atoms with E-state index in [2.05, 4.69) is 48.3 Å². The van der Waals surface area contributed by atoms with E-state index in [1.807, 2.05) is 6.92 Å². The number of nitrogens with one attached hydrogen (secondary N) is 1. The maximum atomic E-state index is 12.3. The van der Waals surface area contributed by atoms with Gasteiger partial charge in [-0.15, -0.1) is 12.4 Å². The molecule has 0 spiro atoms. The molecule has 0 bridgehead atoms. The Morgan fingerprint density at radius 1 is 1.25 bits per heavy atom. The first-order chi connectivity index (χ1) is 11.0. The van der Waals surface area contributed by atoms with Gasteiger partial charge in [-0.05, 0) is 44.3 Å². The summed E-state index contributed by atoms with van der Waals surface area (Å²) in [6.45, 7) is 9.03. The highest BCUT2D eigenvalue weighted by molar-refractivity contribution is 5.85. The van der Waals surface area contributed by atoms with Gasteiger partial charge in [-0.1, -0.05) is 50.1 Å². The Morgan fingerprint density at radius 2 is 1.83 bits per heavy atom. The number of aryl methyl sites for hydroxylation is 1. The second kappa shape index (κ2) is 10.0. The van der Waals surface area contributed by atoms with Gasteiger partial charge in [-0.3, -0.25) is 9.69 Å². The van der Waals surface area contributed by atoms with Crippen molar-refractivity contribution >= 4 is 18.3 Å². The van der Waals surface area contributed by atoms with Crippen molar-refractivity contribution in [3.05, 3.63) is 35.4 Å². The van der Waals surface area contributed by atoms with E-state index in [-0.39, 0.29) is 30.3 Å². The zero-order chi connectivity index (χ0) is 16.8. The molecule has 2 rings (SSSR count). The Morgan fingerprint density at radius 3 is 2.38 bits per heavy atom. The molecule has 1 amide bonds. The van der Waals surface area contributed by atoms with Crippen LogP contribution in [0.2, 0.25) is 0 Å². The highest BCUT2D eigenvalue weighted by Gasteiger charge is 2.25. The SMILES string of the molecule is CCC(C)C(N)C(=O)NCC(c1ccc(C)cc1)N1CCCC1.Cl. The van der Waals surface area contributed by atoms with Crippen molar-refractivity contribution in [2.75, 3.05) is 19.6 Å². The third-order valence-electron chi connectivity index (χ3n) is 5.07. The molecule has 0 radical (unpaired) electrons. The fourth-order valence-electron chi connectivity index (χ4n) is 3.13. The summed E-state index contributed by atoms with van der Waals surface area (Å²) in [5.41, 5.74) is 8.58. The zero-order valence-corrected chi connectivity index (χ0v) is 15.9. The van der Waals surface area contributed by atoms with Gasteiger partial charge in [-0.2, -0.15) is 0 Å². The van der Waals surface area contributed by atoms with Crippen LogP contribution in [0.15, 0.2) is 24.3 Å². The lowest BCUT2D eigenvalue weighted by Crippen LogP contribution is -2.47. The first-order valence-corrected chi connectivity index (χ1v) is 8.86. The van der Waals surface area contributed by atoms with Crippen molar-refractivity contribution in [3.8, 4) is 0 Å². The molecule has 1 aromatic carbocycles. The number of halogens is 1. The number of carbonyl (C=O) groups is 1. The summed E-state index contributed by atoms with van der Waals surface area (Å²) in [6.07, 6.45) is 3.40. The molecule has 1 aliphatic rings. The van der Waals surface area contributed by atoms with E-state index < -0.39 is 6.04 Å². The number of hydrogen-bond acceptors (Lipinski definition) is 3. The van der Waals surface area contributed by atoms with Crippen LogP contribution in [-0.4, -0.2) is 36.5 Å². The Labute approximate surface area is 152 Å². The lowest BCUT2D eigenvalue weighted by Gasteiger charge is -2.29. The molecule has 4 nitrogen and oxygen atoms in total. The summed E-state index contributed by atoms with van der Waals surface area (Å²) in [6, 6.07) is 8.47. The predicted octanol–water partition coefficient (Wildman–Crippen LogP) is 3.04. The van der Waals surface area contributed by atoms with Crippen LogP contribution in [0.25, 0.3) is 0 Å². The normalized spacial score (nSPS) is 18.5. The Kier molecular flexibility index (Phi) is 8.74. The third kappa shape index (κ3) is 5.47. The summed E-state index contributed by atoms with van der Waals surface area (Å²) in [5, 5.41) is 3.08. The number of hydrogen-bond donors (Lipinski definition) is 2. The van der Waals surface area contributed by atoms with E-state index in [1.54, 1.807) is 0 Å². The number of benzene rings is 1. The monoisotopic (exact) mass is 353 g/mol. The molecule has 0 saturated carbocycles. The van der Waals surface area contributed by atoms with Gasteiger partial charge in [0.2, 0.25) is 5.91 Å².